The lowest BCUT2D eigenvalue weighted by atomic mass is 10.0. The van der Waals surface area contributed by atoms with Crippen LogP contribution in [-0.2, 0) is 51.7 Å². The molecule has 0 aromatic heterocycles. The Kier molecular flexibility index (Phi) is 11.3. The molecule has 6 aliphatic rings. The molecule has 1 aromatic carbocycles. The molecule has 3 N–H and O–H groups in total. The van der Waals surface area contributed by atoms with Crippen LogP contribution in [0.25, 0.3) is 0 Å². The topological polar surface area (TPSA) is 193 Å². The second-order valence-electron chi connectivity index (χ2n) is 16.9. The highest BCUT2D eigenvalue weighted by atomic mass is 32.2. The minimum Gasteiger partial charge on any atom is -0.444 e. The van der Waals surface area contributed by atoms with Gasteiger partial charge in [0, 0.05) is 44.2 Å². The number of sulfonamides is 1. The number of ether oxygens (including phenoxy) is 3. The number of nitrogens with one attached hydrogen (secondary N) is 3. The number of anilines is 1. The molecule has 0 bridgehead atoms. The first kappa shape index (κ1) is 39.8. The molecule has 2 saturated carbocycles. The smallest absolute Gasteiger partial charge is 0.410 e. The van der Waals surface area contributed by atoms with Gasteiger partial charge in [0.05, 0.1) is 25.0 Å². The summed E-state index contributed by atoms with van der Waals surface area (Å²) in [6.07, 6.45) is 5.64. The van der Waals surface area contributed by atoms with Gasteiger partial charge in [-0.3, -0.25) is 24.0 Å². The summed E-state index contributed by atoms with van der Waals surface area (Å²) in [5.41, 5.74) is 0.720. The van der Waals surface area contributed by atoms with E-state index < -0.39 is 80.4 Å². The zero-order valence-corrected chi connectivity index (χ0v) is 33.2. The van der Waals surface area contributed by atoms with Crippen molar-refractivity contribution in [3.63, 3.8) is 0 Å². The summed E-state index contributed by atoms with van der Waals surface area (Å²) in [5, 5.41) is 4.91. The molecule has 16 nitrogen and oxygen atoms in total. The third kappa shape index (κ3) is 9.09. The fourth-order valence-corrected chi connectivity index (χ4v) is 9.41. The van der Waals surface area contributed by atoms with Crippen molar-refractivity contribution < 1.29 is 46.6 Å². The normalized spacial score (nSPS) is 29.1. The van der Waals surface area contributed by atoms with E-state index in [1.54, 1.807) is 25.7 Å². The maximum atomic E-state index is 14.4. The highest BCUT2D eigenvalue weighted by Crippen LogP contribution is 2.46. The molecule has 4 fully saturated rings. The summed E-state index contributed by atoms with van der Waals surface area (Å²) in [7, 11) is -3.91. The van der Waals surface area contributed by atoms with Crippen LogP contribution in [0.3, 0.4) is 0 Å². The van der Waals surface area contributed by atoms with E-state index in [1.165, 1.54) is 4.90 Å². The molecule has 2 saturated heterocycles. The standard InChI is InChI=1S/C39H54N6O10S/c1-38(2,3)55-36(49)40-31-10-8-6-4-5-7-9-27-21-39(27,35(48)42-56(51,52)30-13-14-30)41-33(46)32-20-29(24-45(32)34(31)47)54-37(50)44-22-25-11-12-28(19-26(25)23-44)43-15-17-53-18-16-43/h7,9,11-12,19,27,29-32H,4-6,8,10,13-18,20-24H2,1-3H3,(H,40,49)(H,41,46)(H,42,48)/b9-7-/t27-,29-,31+,32+,39-/m1/s1. The summed E-state index contributed by atoms with van der Waals surface area (Å²) >= 11 is 0. The van der Waals surface area contributed by atoms with E-state index in [-0.39, 0.29) is 25.8 Å². The number of nitrogens with zero attached hydrogens (tertiary/aromatic N) is 3. The molecule has 4 aliphatic heterocycles. The van der Waals surface area contributed by atoms with E-state index >= 15 is 0 Å². The molecule has 5 atom stereocenters. The molecule has 306 valence electrons. The minimum atomic E-state index is -3.91. The van der Waals surface area contributed by atoms with Crippen molar-refractivity contribution in [1.29, 1.82) is 0 Å². The van der Waals surface area contributed by atoms with Crippen LogP contribution in [0.4, 0.5) is 15.3 Å². The number of allylic oxidation sites excluding steroid dienone is 1. The summed E-state index contributed by atoms with van der Waals surface area (Å²) in [6.45, 7) is 8.57. The van der Waals surface area contributed by atoms with Crippen molar-refractivity contribution >= 4 is 45.6 Å². The van der Waals surface area contributed by atoms with Crippen molar-refractivity contribution in [2.24, 2.45) is 5.92 Å². The Hall–Kier alpha value is -4.38. The molecule has 0 unspecified atom stereocenters. The lowest BCUT2D eigenvalue weighted by Gasteiger charge is -2.30. The molecule has 2 aliphatic carbocycles. The first-order valence-electron chi connectivity index (χ1n) is 19.9. The largest absolute Gasteiger partial charge is 0.444 e. The van der Waals surface area contributed by atoms with Crippen molar-refractivity contribution in [3.8, 4) is 0 Å². The Morgan fingerprint density at radius 3 is 2.48 bits per heavy atom. The Bertz CT molecular complexity index is 1860. The Morgan fingerprint density at radius 2 is 1.75 bits per heavy atom. The number of carbonyl (C=O) groups excluding carboxylic acids is 5. The molecule has 1 aromatic rings. The van der Waals surface area contributed by atoms with Gasteiger partial charge in [-0.05, 0) is 82.6 Å². The van der Waals surface area contributed by atoms with Crippen LogP contribution in [0, 0.1) is 5.92 Å². The van der Waals surface area contributed by atoms with Crippen LogP contribution in [-0.4, -0.2) is 116 Å². The van der Waals surface area contributed by atoms with Crippen molar-refractivity contribution in [3.05, 3.63) is 41.5 Å². The number of hydrogen-bond donors (Lipinski definition) is 3. The third-order valence-corrected chi connectivity index (χ3v) is 13.2. The van der Waals surface area contributed by atoms with Crippen LogP contribution in [0.2, 0.25) is 0 Å². The highest BCUT2D eigenvalue weighted by Gasteiger charge is 2.62. The maximum absolute atomic E-state index is 14.4. The third-order valence-electron chi connectivity index (χ3n) is 11.3. The van der Waals surface area contributed by atoms with Gasteiger partial charge < -0.3 is 34.6 Å². The Morgan fingerprint density at radius 1 is 1.00 bits per heavy atom. The fourth-order valence-electron chi connectivity index (χ4n) is 8.04. The van der Waals surface area contributed by atoms with Gasteiger partial charge in [-0.25, -0.2) is 18.0 Å². The van der Waals surface area contributed by atoms with Gasteiger partial charge in [-0.1, -0.05) is 31.1 Å². The van der Waals surface area contributed by atoms with Gasteiger partial charge in [0.25, 0.3) is 5.91 Å². The van der Waals surface area contributed by atoms with Crippen LogP contribution in [0.5, 0.6) is 0 Å². The van der Waals surface area contributed by atoms with Gasteiger partial charge in [-0.2, -0.15) is 0 Å². The summed E-state index contributed by atoms with van der Waals surface area (Å²) in [5.74, 6) is -2.49. The van der Waals surface area contributed by atoms with E-state index in [2.05, 4.69) is 26.3 Å². The van der Waals surface area contributed by atoms with Crippen molar-refractivity contribution in [1.82, 2.24) is 25.2 Å². The summed E-state index contributed by atoms with van der Waals surface area (Å²) in [4.78, 5) is 74.2. The molecular weight excluding hydrogens is 745 g/mol. The van der Waals surface area contributed by atoms with E-state index in [0.717, 1.165) is 42.7 Å². The molecule has 4 heterocycles. The van der Waals surface area contributed by atoms with Gasteiger partial charge >= 0.3 is 12.2 Å². The molecule has 7 rings (SSSR count). The van der Waals surface area contributed by atoms with E-state index in [1.807, 2.05) is 24.3 Å². The minimum absolute atomic E-state index is 0.0665. The predicted octanol–water partition coefficient (Wildman–Crippen LogP) is 2.84. The number of fused-ring (bicyclic) bond motifs is 3. The number of carbonyl (C=O) groups is 5. The average molecular weight is 799 g/mol. The highest BCUT2D eigenvalue weighted by molar-refractivity contribution is 7.91. The number of rotatable bonds is 6. The van der Waals surface area contributed by atoms with Gasteiger partial charge in [0.15, 0.2) is 0 Å². The Labute approximate surface area is 328 Å². The zero-order valence-electron chi connectivity index (χ0n) is 32.4. The van der Waals surface area contributed by atoms with Crippen LogP contribution >= 0.6 is 0 Å². The lowest BCUT2D eigenvalue weighted by molar-refractivity contribution is -0.141. The molecule has 0 spiro atoms. The van der Waals surface area contributed by atoms with Crippen LogP contribution in [0.15, 0.2) is 30.4 Å². The quantitative estimate of drug-likeness (QED) is 0.359. The van der Waals surface area contributed by atoms with E-state index in [0.29, 0.717) is 52.0 Å². The number of alkyl carbamates (subject to hydrolysis) is 1. The second kappa shape index (κ2) is 15.9. The second-order valence-corrected chi connectivity index (χ2v) is 18.8. The van der Waals surface area contributed by atoms with Gasteiger partial charge in [0.1, 0.15) is 29.3 Å². The maximum Gasteiger partial charge on any atom is 0.410 e. The number of amides is 5. The molecule has 5 amide bonds. The van der Waals surface area contributed by atoms with E-state index in [4.69, 9.17) is 14.2 Å². The fraction of sp³-hybridized carbons (Fsp3) is 0.667. The first-order chi connectivity index (χ1) is 26.6. The SMILES string of the molecule is CC(C)(C)OC(=O)N[C@H]1CCCCC/C=C\[C@@H]2C[C@@]2(C(=O)NS(=O)(=O)C2CC2)NC(=O)[C@@H]2C[C@@H](OC(=O)N3Cc4ccc(N5CCOCC5)cc4C3)CN2C1=O. The number of benzene rings is 1. The summed E-state index contributed by atoms with van der Waals surface area (Å²) < 4.78 is 44.8. The lowest BCUT2D eigenvalue weighted by Crippen LogP contribution is -2.58. The Balaban J connectivity index is 1.10. The predicted molar refractivity (Wildman–Crippen MR) is 204 cm³/mol. The van der Waals surface area contributed by atoms with Gasteiger partial charge in [0.2, 0.25) is 21.8 Å². The van der Waals surface area contributed by atoms with Gasteiger partial charge in [-0.15, -0.1) is 0 Å². The van der Waals surface area contributed by atoms with Crippen LogP contribution < -0.4 is 20.3 Å². The summed E-state index contributed by atoms with van der Waals surface area (Å²) in [6, 6.07) is 3.92. The molecule has 0 radical (unpaired) electrons. The monoisotopic (exact) mass is 798 g/mol. The number of morpholine rings is 1. The molecular formula is C39H54N6O10S. The van der Waals surface area contributed by atoms with Crippen LogP contribution in [0.1, 0.15) is 89.7 Å². The van der Waals surface area contributed by atoms with Crippen molar-refractivity contribution in [2.45, 2.75) is 126 Å². The average Bonchev–Trinajstić information content (AvgIpc) is 4.03. The molecule has 17 heteroatoms. The number of hydrogen-bond acceptors (Lipinski definition) is 11. The van der Waals surface area contributed by atoms with E-state index in [9.17, 15) is 32.4 Å². The first-order valence-corrected chi connectivity index (χ1v) is 21.4. The zero-order chi connectivity index (χ0) is 39.8. The molecule has 56 heavy (non-hydrogen) atoms. The van der Waals surface area contributed by atoms with Crippen molar-refractivity contribution in [2.75, 3.05) is 37.7 Å².